The number of halogens is 3. The molecule has 0 saturated carbocycles. The molecule has 0 spiro atoms. The highest BCUT2D eigenvalue weighted by molar-refractivity contribution is 7.83. The summed E-state index contributed by atoms with van der Waals surface area (Å²) in [7, 11) is -4.68. The van der Waals surface area contributed by atoms with E-state index < -0.39 is 33.9 Å². The maximum absolute atomic E-state index is 14.9. The molecule has 0 bridgehead atoms. The number of nitrogens with one attached hydrogen (secondary N) is 1. The third-order valence-corrected chi connectivity index (χ3v) is 7.00. The quantitative estimate of drug-likeness (QED) is 0.455. The van der Waals surface area contributed by atoms with Gasteiger partial charge < -0.3 is 5.32 Å². The molecule has 7 nitrogen and oxygen atoms in total. The molecule has 1 aliphatic rings. The number of rotatable bonds is 7. The Morgan fingerprint density at radius 3 is 2.62 bits per heavy atom. The van der Waals surface area contributed by atoms with Gasteiger partial charge in [0.2, 0.25) is 0 Å². The highest BCUT2D eigenvalue weighted by Crippen LogP contribution is 2.40. The maximum Gasteiger partial charge on any atom is 0.336 e. The standard InChI is InChI=1S/C23H20ClF2N3O4S/c24-18-13-15(4-7-19(18)25)28-23(30)17-5-8-20(26)22-16(17)6-9-21(22)29(34(31,32)33)12-10-14-3-1-2-11-27-14/h1-5,7-8,11,13,21H,6,9-10,12H2,(H,28,30)(H,31,32,33)/t21-/m0/s1. The van der Waals surface area contributed by atoms with Crippen molar-refractivity contribution >= 4 is 33.5 Å². The van der Waals surface area contributed by atoms with Gasteiger partial charge >= 0.3 is 10.3 Å². The minimum atomic E-state index is -4.68. The van der Waals surface area contributed by atoms with Crippen molar-refractivity contribution in [2.45, 2.75) is 25.3 Å². The molecule has 11 heteroatoms. The highest BCUT2D eigenvalue weighted by atomic mass is 35.5. The van der Waals surface area contributed by atoms with E-state index in [-0.39, 0.29) is 47.6 Å². The summed E-state index contributed by atoms with van der Waals surface area (Å²) >= 11 is 5.76. The molecule has 0 aliphatic heterocycles. The van der Waals surface area contributed by atoms with Gasteiger partial charge in [0.25, 0.3) is 5.91 Å². The molecule has 1 aliphatic carbocycles. The molecule has 178 valence electrons. The van der Waals surface area contributed by atoms with Crippen LogP contribution in [0, 0.1) is 11.6 Å². The second-order valence-electron chi connectivity index (χ2n) is 7.78. The average Bonchev–Trinajstić information content (AvgIpc) is 3.22. The number of nitrogens with zero attached hydrogens (tertiary/aromatic N) is 2. The van der Waals surface area contributed by atoms with Crippen molar-refractivity contribution in [2.24, 2.45) is 0 Å². The van der Waals surface area contributed by atoms with Crippen LogP contribution in [0.3, 0.4) is 0 Å². The van der Waals surface area contributed by atoms with Gasteiger partial charge in [-0.05, 0) is 60.9 Å². The molecule has 4 rings (SSSR count). The van der Waals surface area contributed by atoms with Gasteiger partial charge in [-0.3, -0.25) is 14.3 Å². The van der Waals surface area contributed by atoms with Crippen LogP contribution in [0.25, 0.3) is 0 Å². The molecule has 1 amide bonds. The van der Waals surface area contributed by atoms with Gasteiger partial charge in [0.05, 0.1) is 11.1 Å². The summed E-state index contributed by atoms with van der Waals surface area (Å²) in [5.74, 6) is -1.89. The lowest BCUT2D eigenvalue weighted by Gasteiger charge is -2.26. The van der Waals surface area contributed by atoms with Gasteiger partial charge in [-0.15, -0.1) is 0 Å². The van der Waals surface area contributed by atoms with Gasteiger partial charge in [-0.1, -0.05) is 17.7 Å². The molecular weight excluding hydrogens is 488 g/mol. The molecule has 0 radical (unpaired) electrons. The Morgan fingerprint density at radius 1 is 1.18 bits per heavy atom. The van der Waals surface area contributed by atoms with E-state index in [1.54, 1.807) is 24.4 Å². The first-order valence-corrected chi connectivity index (χ1v) is 12.1. The summed E-state index contributed by atoms with van der Waals surface area (Å²) in [5, 5.41) is 2.43. The Labute approximate surface area is 200 Å². The molecule has 1 aromatic heterocycles. The number of aromatic nitrogens is 1. The fourth-order valence-electron chi connectivity index (χ4n) is 4.17. The molecular formula is C23H20ClF2N3O4S. The van der Waals surface area contributed by atoms with Crippen molar-refractivity contribution in [3.8, 4) is 0 Å². The van der Waals surface area contributed by atoms with Gasteiger partial charge in [0, 0.05) is 41.7 Å². The smallest absolute Gasteiger partial charge is 0.322 e. The van der Waals surface area contributed by atoms with E-state index >= 15 is 0 Å². The summed E-state index contributed by atoms with van der Waals surface area (Å²) < 4.78 is 63.4. The first-order valence-electron chi connectivity index (χ1n) is 10.4. The van der Waals surface area contributed by atoms with E-state index in [1.807, 2.05) is 0 Å². The number of hydrogen-bond donors (Lipinski definition) is 2. The van der Waals surface area contributed by atoms with Gasteiger partial charge in [0.15, 0.2) is 0 Å². The second-order valence-corrected chi connectivity index (χ2v) is 9.56. The minimum Gasteiger partial charge on any atom is -0.322 e. The number of amides is 1. The lowest BCUT2D eigenvalue weighted by molar-refractivity contribution is 0.102. The van der Waals surface area contributed by atoms with Crippen LogP contribution < -0.4 is 5.32 Å². The largest absolute Gasteiger partial charge is 0.336 e. The normalized spacial score (nSPS) is 15.4. The zero-order chi connectivity index (χ0) is 24.5. The summed E-state index contributed by atoms with van der Waals surface area (Å²) in [6.45, 7) is -0.121. The van der Waals surface area contributed by atoms with Crippen molar-refractivity contribution in [1.29, 1.82) is 0 Å². The van der Waals surface area contributed by atoms with Crippen molar-refractivity contribution in [3.63, 3.8) is 0 Å². The van der Waals surface area contributed by atoms with Crippen LogP contribution in [-0.2, 0) is 23.1 Å². The molecule has 1 atom stereocenters. The molecule has 0 fully saturated rings. The van der Waals surface area contributed by atoms with Crippen LogP contribution in [0.5, 0.6) is 0 Å². The van der Waals surface area contributed by atoms with Crippen LogP contribution in [0.1, 0.15) is 39.6 Å². The Bertz CT molecular complexity index is 1340. The van der Waals surface area contributed by atoms with E-state index in [0.29, 0.717) is 11.3 Å². The first-order chi connectivity index (χ1) is 16.1. The van der Waals surface area contributed by atoms with E-state index in [1.165, 1.54) is 18.2 Å². The monoisotopic (exact) mass is 507 g/mol. The number of fused-ring (bicyclic) bond motifs is 1. The van der Waals surface area contributed by atoms with Crippen molar-refractivity contribution in [2.75, 3.05) is 11.9 Å². The van der Waals surface area contributed by atoms with Gasteiger partial charge in [-0.2, -0.15) is 12.7 Å². The molecule has 2 aromatic carbocycles. The average molecular weight is 508 g/mol. The topological polar surface area (TPSA) is 99.6 Å². The summed E-state index contributed by atoms with van der Waals surface area (Å²) in [6, 6.07) is 10.3. The predicted molar refractivity (Wildman–Crippen MR) is 123 cm³/mol. The molecule has 2 N–H and O–H groups in total. The van der Waals surface area contributed by atoms with E-state index in [2.05, 4.69) is 10.3 Å². The van der Waals surface area contributed by atoms with Gasteiger partial charge in [-0.25, -0.2) is 8.78 Å². The zero-order valence-corrected chi connectivity index (χ0v) is 19.3. The third kappa shape index (κ3) is 5.10. The molecule has 0 unspecified atom stereocenters. The summed E-state index contributed by atoms with van der Waals surface area (Å²) in [6.07, 6.45) is 2.18. The fraction of sp³-hybridized carbons (Fsp3) is 0.217. The van der Waals surface area contributed by atoms with Crippen LogP contribution in [0.4, 0.5) is 14.5 Å². The van der Waals surface area contributed by atoms with E-state index in [4.69, 9.17) is 11.6 Å². The van der Waals surface area contributed by atoms with Crippen LogP contribution in [-0.4, -0.2) is 34.7 Å². The zero-order valence-electron chi connectivity index (χ0n) is 17.7. The lowest BCUT2D eigenvalue weighted by Crippen LogP contribution is -2.35. The van der Waals surface area contributed by atoms with Gasteiger partial charge in [0.1, 0.15) is 11.6 Å². The molecule has 3 aromatic rings. The highest BCUT2D eigenvalue weighted by Gasteiger charge is 2.38. The number of pyridine rings is 1. The number of hydrogen-bond acceptors (Lipinski definition) is 4. The molecule has 0 saturated heterocycles. The van der Waals surface area contributed by atoms with Crippen molar-refractivity contribution in [3.05, 3.63) is 93.8 Å². The van der Waals surface area contributed by atoms with E-state index in [0.717, 1.165) is 16.4 Å². The Morgan fingerprint density at radius 2 is 1.94 bits per heavy atom. The number of benzene rings is 2. The van der Waals surface area contributed by atoms with E-state index in [9.17, 15) is 26.5 Å². The summed E-state index contributed by atoms with van der Waals surface area (Å²) in [5.41, 5.74) is 1.41. The lowest BCUT2D eigenvalue weighted by atomic mass is 10.0. The Balaban J connectivity index is 1.63. The van der Waals surface area contributed by atoms with Crippen molar-refractivity contribution < 1.29 is 26.5 Å². The third-order valence-electron chi connectivity index (χ3n) is 5.69. The van der Waals surface area contributed by atoms with Crippen LogP contribution in [0.15, 0.2) is 54.7 Å². The van der Waals surface area contributed by atoms with Crippen molar-refractivity contribution in [1.82, 2.24) is 9.29 Å². The van der Waals surface area contributed by atoms with Crippen LogP contribution in [0.2, 0.25) is 5.02 Å². The Hall–Kier alpha value is -2.92. The number of carbonyl (C=O) groups is 1. The predicted octanol–water partition coefficient (Wildman–Crippen LogP) is 4.60. The minimum absolute atomic E-state index is 0.0448. The summed E-state index contributed by atoms with van der Waals surface area (Å²) in [4.78, 5) is 17.1. The van der Waals surface area contributed by atoms with Crippen LogP contribution >= 0.6 is 11.6 Å². The number of anilines is 1. The fourth-order valence-corrected chi connectivity index (χ4v) is 5.20. The maximum atomic E-state index is 14.9. The first kappa shape index (κ1) is 24.2. The number of carbonyl (C=O) groups excluding carboxylic acids is 1. The SMILES string of the molecule is O=C(Nc1ccc(F)c(Cl)c1)c1ccc(F)c2c1CC[C@@H]2N(CCc1ccccn1)S(=O)(=O)O. The molecule has 1 heterocycles. The second kappa shape index (κ2) is 9.75. The molecule has 34 heavy (non-hydrogen) atoms. The Kier molecular flexibility index (Phi) is 6.94.